The van der Waals surface area contributed by atoms with Crippen LogP contribution in [-0.4, -0.2) is 27.6 Å². The zero-order valence-electron chi connectivity index (χ0n) is 13.3. The summed E-state index contributed by atoms with van der Waals surface area (Å²) in [6.07, 6.45) is -0.739. The highest BCUT2D eigenvalue weighted by atomic mass is 32.1. The van der Waals surface area contributed by atoms with Crippen molar-refractivity contribution in [2.24, 2.45) is 0 Å². The number of carbonyl (C=O) groups is 1. The number of aryl methyl sites for hydroxylation is 1. The Hall–Kier alpha value is -2.44. The van der Waals surface area contributed by atoms with E-state index in [4.69, 9.17) is 4.52 Å². The van der Waals surface area contributed by atoms with Gasteiger partial charge in [0.05, 0.1) is 12.6 Å². The summed E-state index contributed by atoms with van der Waals surface area (Å²) in [6, 6.07) is 13.1. The SMILES string of the molecule is Cc1cc(C(=O)N(Cc2ccccc2)CC(O)c2ccsc2)no1. The number of hydrogen-bond donors (Lipinski definition) is 1. The zero-order chi connectivity index (χ0) is 16.9. The minimum atomic E-state index is -0.739. The molecule has 0 bridgehead atoms. The number of amides is 1. The van der Waals surface area contributed by atoms with Gasteiger partial charge in [-0.15, -0.1) is 0 Å². The maximum atomic E-state index is 12.8. The molecule has 0 saturated carbocycles. The van der Waals surface area contributed by atoms with Crippen molar-refractivity contribution in [3.8, 4) is 0 Å². The molecule has 1 atom stereocenters. The van der Waals surface area contributed by atoms with Crippen molar-refractivity contribution in [2.45, 2.75) is 19.6 Å². The molecular formula is C18H18N2O3S. The second-order valence-corrected chi connectivity index (χ2v) is 6.35. The van der Waals surface area contributed by atoms with E-state index >= 15 is 0 Å². The van der Waals surface area contributed by atoms with Gasteiger partial charge < -0.3 is 14.5 Å². The lowest BCUT2D eigenvalue weighted by atomic mass is 10.1. The summed E-state index contributed by atoms with van der Waals surface area (Å²) in [4.78, 5) is 14.4. The average molecular weight is 342 g/mol. The summed E-state index contributed by atoms with van der Waals surface area (Å²) < 4.78 is 5.00. The molecule has 2 heterocycles. The summed E-state index contributed by atoms with van der Waals surface area (Å²) in [5.41, 5.74) is 2.05. The van der Waals surface area contributed by atoms with Gasteiger partial charge in [0, 0.05) is 12.6 Å². The van der Waals surface area contributed by atoms with Gasteiger partial charge in [0.25, 0.3) is 5.91 Å². The molecular weight excluding hydrogens is 324 g/mol. The first-order valence-electron chi connectivity index (χ1n) is 7.60. The molecule has 0 aliphatic carbocycles. The second-order valence-electron chi connectivity index (χ2n) is 5.57. The van der Waals surface area contributed by atoms with Gasteiger partial charge in [0.1, 0.15) is 5.76 Å². The Morgan fingerprint density at radius 2 is 2.12 bits per heavy atom. The van der Waals surface area contributed by atoms with E-state index in [9.17, 15) is 9.90 Å². The van der Waals surface area contributed by atoms with Gasteiger partial charge in [-0.05, 0) is 34.9 Å². The quantitative estimate of drug-likeness (QED) is 0.745. The lowest BCUT2D eigenvalue weighted by Gasteiger charge is -2.24. The van der Waals surface area contributed by atoms with Crippen molar-refractivity contribution in [3.63, 3.8) is 0 Å². The molecule has 124 valence electrons. The number of nitrogens with zero attached hydrogens (tertiary/aromatic N) is 2. The Balaban J connectivity index is 1.81. The lowest BCUT2D eigenvalue weighted by Crippen LogP contribution is -2.34. The Morgan fingerprint density at radius 1 is 1.33 bits per heavy atom. The van der Waals surface area contributed by atoms with Gasteiger partial charge in [-0.1, -0.05) is 35.5 Å². The minimum Gasteiger partial charge on any atom is -0.387 e. The van der Waals surface area contributed by atoms with Crippen LogP contribution in [0.15, 0.2) is 57.7 Å². The number of aliphatic hydroxyl groups excluding tert-OH is 1. The second kappa shape index (κ2) is 7.42. The van der Waals surface area contributed by atoms with Gasteiger partial charge in [-0.25, -0.2) is 0 Å². The number of hydrogen-bond acceptors (Lipinski definition) is 5. The summed E-state index contributed by atoms with van der Waals surface area (Å²) in [6.45, 7) is 2.33. The van der Waals surface area contributed by atoms with Gasteiger partial charge in [-0.2, -0.15) is 11.3 Å². The maximum absolute atomic E-state index is 12.8. The van der Waals surface area contributed by atoms with Crippen LogP contribution in [0.3, 0.4) is 0 Å². The number of thiophene rings is 1. The molecule has 6 heteroatoms. The minimum absolute atomic E-state index is 0.191. The molecule has 2 aromatic heterocycles. The van der Waals surface area contributed by atoms with E-state index in [-0.39, 0.29) is 18.1 Å². The smallest absolute Gasteiger partial charge is 0.276 e. The van der Waals surface area contributed by atoms with E-state index in [1.807, 2.05) is 47.2 Å². The summed E-state index contributed by atoms with van der Waals surface area (Å²) in [7, 11) is 0. The monoisotopic (exact) mass is 342 g/mol. The number of benzene rings is 1. The molecule has 3 rings (SSSR count). The van der Waals surface area contributed by atoms with Gasteiger partial charge in [-0.3, -0.25) is 4.79 Å². The molecule has 1 aromatic carbocycles. The summed E-state index contributed by atoms with van der Waals surface area (Å²) in [5, 5.41) is 18.0. The van der Waals surface area contributed by atoms with Crippen LogP contribution in [0, 0.1) is 6.92 Å². The molecule has 0 aliphatic rings. The largest absolute Gasteiger partial charge is 0.387 e. The first-order valence-corrected chi connectivity index (χ1v) is 8.54. The van der Waals surface area contributed by atoms with Crippen molar-refractivity contribution in [2.75, 3.05) is 6.54 Å². The standard InChI is InChI=1S/C18H18N2O3S/c1-13-9-16(19-23-13)18(22)20(10-14-5-3-2-4-6-14)11-17(21)15-7-8-24-12-15/h2-9,12,17,21H,10-11H2,1H3. The molecule has 0 fully saturated rings. The normalized spacial score (nSPS) is 12.1. The van der Waals surface area contributed by atoms with Crippen LogP contribution in [-0.2, 0) is 6.54 Å². The van der Waals surface area contributed by atoms with Crippen LogP contribution < -0.4 is 0 Å². The predicted molar refractivity (Wildman–Crippen MR) is 91.7 cm³/mol. The molecule has 0 saturated heterocycles. The Labute approximate surface area is 144 Å². The third-order valence-electron chi connectivity index (χ3n) is 3.67. The molecule has 1 amide bonds. The van der Waals surface area contributed by atoms with Gasteiger partial charge in [0.15, 0.2) is 5.69 Å². The first kappa shape index (κ1) is 16.4. The maximum Gasteiger partial charge on any atom is 0.276 e. The highest BCUT2D eigenvalue weighted by Gasteiger charge is 2.23. The van der Waals surface area contributed by atoms with Crippen molar-refractivity contribution < 1.29 is 14.4 Å². The van der Waals surface area contributed by atoms with Crippen LogP contribution in [0.1, 0.15) is 33.5 Å². The first-order chi connectivity index (χ1) is 11.6. The van der Waals surface area contributed by atoms with Crippen LogP contribution in [0.5, 0.6) is 0 Å². The topological polar surface area (TPSA) is 66.6 Å². The third-order valence-corrected chi connectivity index (χ3v) is 4.37. The summed E-state index contributed by atoms with van der Waals surface area (Å²) in [5.74, 6) is 0.321. The Morgan fingerprint density at radius 3 is 2.75 bits per heavy atom. The van der Waals surface area contributed by atoms with E-state index < -0.39 is 6.10 Å². The number of rotatable bonds is 6. The van der Waals surface area contributed by atoms with Crippen molar-refractivity contribution in [1.82, 2.24) is 10.1 Å². The molecule has 0 spiro atoms. The zero-order valence-corrected chi connectivity index (χ0v) is 14.1. The number of aromatic nitrogens is 1. The number of carbonyl (C=O) groups excluding carboxylic acids is 1. The highest BCUT2D eigenvalue weighted by molar-refractivity contribution is 7.07. The molecule has 5 nitrogen and oxygen atoms in total. The molecule has 3 aromatic rings. The number of aliphatic hydroxyl groups is 1. The van der Waals surface area contributed by atoms with Crippen LogP contribution >= 0.6 is 11.3 Å². The fraction of sp³-hybridized carbons (Fsp3) is 0.222. The molecule has 1 N–H and O–H groups in total. The summed E-state index contributed by atoms with van der Waals surface area (Å²) >= 11 is 1.52. The van der Waals surface area contributed by atoms with E-state index in [0.29, 0.717) is 12.3 Å². The van der Waals surface area contributed by atoms with Gasteiger partial charge >= 0.3 is 0 Å². The molecule has 1 unspecified atom stereocenters. The van der Waals surface area contributed by atoms with E-state index in [0.717, 1.165) is 11.1 Å². The third kappa shape index (κ3) is 3.90. The highest BCUT2D eigenvalue weighted by Crippen LogP contribution is 2.20. The Kier molecular flexibility index (Phi) is 5.08. The van der Waals surface area contributed by atoms with E-state index in [1.165, 1.54) is 11.3 Å². The van der Waals surface area contributed by atoms with Crippen molar-refractivity contribution >= 4 is 17.2 Å². The molecule has 0 radical (unpaired) electrons. The van der Waals surface area contributed by atoms with Gasteiger partial charge in [0.2, 0.25) is 0 Å². The predicted octanol–water partition coefficient (Wildman–Crippen LogP) is 3.42. The van der Waals surface area contributed by atoms with E-state index in [2.05, 4.69) is 5.16 Å². The van der Waals surface area contributed by atoms with Crippen molar-refractivity contribution in [3.05, 3.63) is 75.8 Å². The van der Waals surface area contributed by atoms with Crippen LogP contribution in [0.25, 0.3) is 0 Å². The van der Waals surface area contributed by atoms with E-state index in [1.54, 1.807) is 17.9 Å². The van der Waals surface area contributed by atoms with Crippen molar-refractivity contribution in [1.29, 1.82) is 0 Å². The fourth-order valence-corrected chi connectivity index (χ4v) is 3.14. The molecule has 0 aliphatic heterocycles. The average Bonchev–Trinajstić information content (AvgIpc) is 3.26. The van der Waals surface area contributed by atoms with Crippen LogP contribution in [0.4, 0.5) is 0 Å². The lowest BCUT2D eigenvalue weighted by molar-refractivity contribution is 0.0594. The molecule has 24 heavy (non-hydrogen) atoms. The fourth-order valence-electron chi connectivity index (χ4n) is 2.43. The Bertz CT molecular complexity index is 784. The van der Waals surface area contributed by atoms with Crippen LogP contribution in [0.2, 0.25) is 0 Å².